The number of aromatic carboxylic acids is 1. The Hall–Kier alpha value is -1.58. The maximum atomic E-state index is 11.4. The Labute approximate surface area is 80.8 Å². The van der Waals surface area contributed by atoms with E-state index in [1.54, 1.807) is 13.1 Å². The number of hydrogen-bond acceptors (Lipinski definition) is 2. The third kappa shape index (κ3) is 1.43. The van der Waals surface area contributed by atoms with Gasteiger partial charge in [0.1, 0.15) is 0 Å². The summed E-state index contributed by atoms with van der Waals surface area (Å²) in [4.78, 5) is 22.1. The van der Waals surface area contributed by atoms with Crippen LogP contribution in [0.25, 0.3) is 0 Å². The van der Waals surface area contributed by atoms with E-state index in [9.17, 15) is 9.59 Å². The molecular formula is C10H11NO3. The van der Waals surface area contributed by atoms with Crippen LogP contribution in [0.2, 0.25) is 0 Å². The monoisotopic (exact) mass is 193 g/mol. The highest BCUT2D eigenvalue weighted by Crippen LogP contribution is 2.39. The van der Waals surface area contributed by atoms with Crippen LogP contribution in [0, 0.1) is 0 Å². The first-order chi connectivity index (χ1) is 6.59. The molecule has 1 N–H and O–H groups in total. The summed E-state index contributed by atoms with van der Waals surface area (Å²) >= 11 is 0. The molecule has 1 aliphatic carbocycles. The van der Waals surface area contributed by atoms with Crippen molar-refractivity contribution in [2.24, 2.45) is 7.05 Å². The average molecular weight is 193 g/mol. The summed E-state index contributed by atoms with van der Waals surface area (Å²) in [5, 5.41) is 8.78. The minimum absolute atomic E-state index is 0.0926. The summed E-state index contributed by atoms with van der Waals surface area (Å²) in [5.74, 6) is -0.656. The minimum Gasteiger partial charge on any atom is -0.478 e. The number of carbonyl (C=O) groups is 1. The second-order valence-corrected chi connectivity index (χ2v) is 3.65. The smallest absolute Gasteiger partial charge is 0.335 e. The van der Waals surface area contributed by atoms with Crippen LogP contribution < -0.4 is 5.56 Å². The largest absolute Gasteiger partial charge is 0.478 e. The van der Waals surface area contributed by atoms with Gasteiger partial charge in [-0.15, -0.1) is 0 Å². The second-order valence-electron chi connectivity index (χ2n) is 3.65. The van der Waals surface area contributed by atoms with Crippen LogP contribution >= 0.6 is 0 Å². The number of aromatic nitrogens is 1. The van der Waals surface area contributed by atoms with E-state index in [0.29, 0.717) is 5.92 Å². The molecule has 1 saturated carbocycles. The standard InChI is InChI=1S/C10H11NO3/c1-11-8(6-2-3-6)4-7(10(13)14)5-9(11)12/h4-6H,2-3H2,1H3,(H,13,14). The van der Waals surface area contributed by atoms with Gasteiger partial charge in [0.05, 0.1) is 5.56 Å². The molecule has 2 rings (SSSR count). The van der Waals surface area contributed by atoms with Crippen LogP contribution in [0.15, 0.2) is 16.9 Å². The van der Waals surface area contributed by atoms with Crippen LogP contribution in [0.5, 0.6) is 0 Å². The van der Waals surface area contributed by atoms with Gasteiger partial charge in [0.2, 0.25) is 0 Å². The average Bonchev–Trinajstić information content (AvgIpc) is 2.92. The van der Waals surface area contributed by atoms with E-state index < -0.39 is 5.97 Å². The van der Waals surface area contributed by atoms with Gasteiger partial charge in [0.25, 0.3) is 5.56 Å². The molecule has 1 aliphatic rings. The molecule has 14 heavy (non-hydrogen) atoms. The van der Waals surface area contributed by atoms with Crippen LogP contribution in [0.3, 0.4) is 0 Å². The molecule has 0 aliphatic heterocycles. The number of hydrogen-bond donors (Lipinski definition) is 1. The fourth-order valence-electron chi connectivity index (χ4n) is 1.55. The molecule has 1 aromatic rings. The predicted octanol–water partition coefficient (Wildman–Crippen LogP) is 0.961. The topological polar surface area (TPSA) is 59.3 Å². The molecule has 0 atom stereocenters. The fourth-order valence-corrected chi connectivity index (χ4v) is 1.55. The van der Waals surface area contributed by atoms with Gasteiger partial charge in [0, 0.05) is 18.8 Å². The maximum absolute atomic E-state index is 11.4. The van der Waals surface area contributed by atoms with E-state index in [1.807, 2.05) is 0 Å². The van der Waals surface area contributed by atoms with E-state index in [4.69, 9.17) is 5.11 Å². The lowest BCUT2D eigenvalue weighted by molar-refractivity contribution is 0.0696. The quantitative estimate of drug-likeness (QED) is 0.761. The number of pyridine rings is 1. The Morgan fingerprint density at radius 1 is 1.50 bits per heavy atom. The molecule has 0 radical (unpaired) electrons. The van der Waals surface area contributed by atoms with Gasteiger partial charge < -0.3 is 9.67 Å². The lowest BCUT2D eigenvalue weighted by Crippen LogP contribution is -2.21. The van der Waals surface area contributed by atoms with Gasteiger partial charge >= 0.3 is 5.97 Å². The highest BCUT2D eigenvalue weighted by atomic mass is 16.4. The van der Waals surface area contributed by atoms with Crippen molar-refractivity contribution in [2.75, 3.05) is 0 Å². The van der Waals surface area contributed by atoms with E-state index in [0.717, 1.165) is 24.6 Å². The Balaban J connectivity index is 2.57. The van der Waals surface area contributed by atoms with Crippen LogP contribution in [-0.4, -0.2) is 15.6 Å². The molecule has 0 aromatic carbocycles. The Kier molecular flexibility index (Phi) is 1.91. The van der Waals surface area contributed by atoms with E-state index in [-0.39, 0.29) is 11.1 Å². The third-order valence-electron chi connectivity index (χ3n) is 2.54. The summed E-state index contributed by atoms with van der Waals surface area (Å²) < 4.78 is 1.53. The summed E-state index contributed by atoms with van der Waals surface area (Å²) in [6, 6.07) is 2.76. The molecule has 1 heterocycles. The molecule has 1 aromatic heterocycles. The number of nitrogens with zero attached hydrogens (tertiary/aromatic N) is 1. The molecule has 4 heteroatoms. The Morgan fingerprint density at radius 3 is 2.64 bits per heavy atom. The zero-order valence-electron chi connectivity index (χ0n) is 7.86. The van der Waals surface area contributed by atoms with Crippen molar-refractivity contribution >= 4 is 5.97 Å². The molecule has 74 valence electrons. The van der Waals surface area contributed by atoms with Crippen molar-refractivity contribution in [1.29, 1.82) is 0 Å². The van der Waals surface area contributed by atoms with E-state index in [2.05, 4.69) is 0 Å². The zero-order valence-corrected chi connectivity index (χ0v) is 7.86. The molecule has 4 nitrogen and oxygen atoms in total. The lowest BCUT2D eigenvalue weighted by atomic mass is 10.1. The normalized spacial score (nSPS) is 15.5. The van der Waals surface area contributed by atoms with Crippen molar-refractivity contribution in [3.05, 3.63) is 33.7 Å². The summed E-state index contributed by atoms with van der Waals surface area (Å²) in [7, 11) is 1.68. The highest BCUT2D eigenvalue weighted by molar-refractivity contribution is 5.87. The van der Waals surface area contributed by atoms with Crippen LogP contribution in [0.4, 0.5) is 0 Å². The van der Waals surface area contributed by atoms with Crippen molar-refractivity contribution in [1.82, 2.24) is 4.57 Å². The molecule has 0 unspecified atom stereocenters. The van der Waals surface area contributed by atoms with Gasteiger partial charge in [-0.05, 0) is 24.8 Å². The van der Waals surface area contributed by atoms with Gasteiger partial charge in [0.15, 0.2) is 0 Å². The fraction of sp³-hybridized carbons (Fsp3) is 0.400. The first kappa shape index (κ1) is 8.99. The van der Waals surface area contributed by atoms with Gasteiger partial charge in [-0.2, -0.15) is 0 Å². The number of carboxylic acid groups (broad SMARTS) is 1. The first-order valence-corrected chi connectivity index (χ1v) is 4.54. The second kappa shape index (κ2) is 2.97. The first-order valence-electron chi connectivity index (χ1n) is 4.54. The minimum atomic E-state index is -1.04. The molecule has 0 saturated heterocycles. The maximum Gasteiger partial charge on any atom is 0.335 e. The summed E-state index contributed by atoms with van der Waals surface area (Å²) in [5.41, 5.74) is 0.691. The molecule has 0 bridgehead atoms. The third-order valence-corrected chi connectivity index (χ3v) is 2.54. The lowest BCUT2D eigenvalue weighted by Gasteiger charge is -2.07. The zero-order chi connectivity index (χ0) is 10.3. The highest BCUT2D eigenvalue weighted by Gasteiger charge is 2.27. The number of carboxylic acids is 1. The summed E-state index contributed by atoms with van der Waals surface area (Å²) in [6.45, 7) is 0. The molecular weight excluding hydrogens is 182 g/mol. The van der Waals surface area contributed by atoms with E-state index >= 15 is 0 Å². The predicted molar refractivity (Wildman–Crippen MR) is 50.6 cm³/mol. The number of rotatable bonds is 2. The Morgan fingerprint density at radius 2 is 2.14 bits per heavy atom. The van der Waals surface area contributed by atoms with Crippen molar-refractivity contribution < 1.29 is 9.90 Å². The molecule has 1 fully saturated rings. The van der Waals surface area contributed by atoms with Gasteiger partial charge in [-0.1, -0.05) is 0 Å². The van der Waals surface area contributed by atoms with E-state index in [1.165, 1.54) is 4.57 Å². The van der Waals surface area contributed by atoms with Crippen LogP contribution in [0.1, 0.15) is 34.8 Å². The SMILES string of the molecule is Cn1c(C2CC2)cc(C(=O)O)cc1=O. The summed E-state index contributed by atoms with van der Waals surface area (Å²) in [6.07, 6.45) is 2.10. The van der Waals surface area contributed by atoms with Gasteiger partial charge in [-0.3, -0.25) is 4.79 Å². The van der Waals surface area contributed by atoms with Crippen molar-refractivity contribution in [3.63, 3.8) is 0 Å². The van der Waals surface area contributed by atoms with Crippen LogP contribution in [-0.2, 0) is 7.05 Å². The van der Waals surface area contributed by atoms with Crippen molar-refractivity contribution in [2.45, 2.75) is 18.8 Å². The van der Waals surface area contributed by atoms with Gasteiger partial charge in [-0.25, -0.2) is 4.79 Å². The van der Waals surface area contributed by atoms with Crippen molar-refractivity contribution in [3.8, 4) is 0 Å². The molecule has 0 spiro atoms. The molecule has 0 amide bonds. The Bertz CT molecular complexity index is 443.